The molecule has 2 nitrogen and oxygen atoms in total. The fourth-order valence-electron chi connectivity index (χ4n) is 7.22. The van der Waals surface area contributed by atoms with Gasteiger partial charge in [-0.05, 0) is 87.0 Å². The molecular weight excluding hydrogens is 558 g/mol. The first-order chi connectivity index (χ1) is 22.5. The number of hydrogen-bond acceptors (Lipinski definition) is 2. The minimum absolute atomic E-state index is 0.147. The monoisotopic (exact) mass is 589 g/mol. The molecule has 0 bridgehead atoms. The average Bonchev–Trinajstić information content (AvgIpc) is 3.59. The van der Waals surface area contributed by atoms with Crippen molar-refractivity contribution in [3.8, 4) is 55.9 Å². The summed E-state index contributed by atoms with van der Waals surface area (Å²) in [6, 6.07) is 54.1. The zero-order valence-electron chi connectivity index (χ0n) is 25.8. The van der Waals surface area contributed by atoms with E-state index in [2.05, 4.69) is 147 Å². The number of furan rings is 1. The zero-order valence-corrected chi connectivity index (χ0v) is 25.8. The van der Waals surface area contributed by atoms with E-state index in [1.165, 1.54) is 49.7 Å². The molecule has 46 heavy (non-hydrogen) atoms. The van der Waals surface area contributed by atoms with Crippen molar-refractivity contribution in [1.29, 1.82) is 0 Å². The molecule has 0 saturated carbocycles. The second kappa shape index (κ2) is 10.2. The molecule has 0 aliphatic heterocycles. The molecule has 9 rings (SSSR count). The van der Waals surface area contributed by atoms with E-state index in [1.54, 1.807) is 0 Å². The minimum Gasteiger partial charge on any atom is -0.456 e. The molecule has 0 atom stereocenters. The Labute approximate surface area is 268 Å². The molecule has 2 aromatic heterocycles. The first-order valence-corrected chi connectivity index (χ1v) is 15.9. The Balaban J connectivity index is 1.15. The molecule has 6 aromatic carbocycles. The van der Waals surface area contributed by atoms with Crippen LogP contribution in [0.2, 0.25) is 0 Å². The minimum atomic E-state index is -0.147. The molecule has 0 fully saturated rings. The van der Waals surface area contributed by atoms with E-state index in [0.717, 1.165) is 39.2 Å². The summed E-state index contributed by atoms with van der Waals surface area (Å²) in [6.45, 7) is 4.67. The van der Waals surface area contributed by atoms with Crippen molar-refractivity contribution >= 4 is 21.9 Å². The average molecular weight is 590 g/mol. The van der Waals surface area contributed by atoms with E-state index in [0.29, 0.717) is 0 Å². The summed E-state index contributed by atoms with van der Waals surface area (Å²) >= 11 is 0. The predicted octanol–water partition coefficient (Wildman–Crippen LogP) is 12.0. The summed E-state index contributed by atoms with van der Waals surface area (Å²) < 4.78 is 6.29. The maximum absolute atomic E-state index is 6.29. The molecule has 1 aliphatic carbocycles. The van der Waals surface area contributed by atoms with Crippen LogP contribution in [0.3, 0.4) is 0 Å². The maximum Gasteiger partial charge on any atom is 0.135 e. The van der Waals surface area contributed by atoms with Gasteiger partial charge in [0.05, 0.1) is 11.4 Å². The SMILES string of the molecule is CC1(C)c2cc(-c3cccc(-c4cc(-c5ccccc5)nc(-c5ccccc5)c4)c3)ccc2-c2cc3c(cc21)oc1ccccc13. The lowest BCUT2D eigenvalue weighted by molar-refractivity contribution is 0.647. The molecule has 0 unspecified atom stereocenters. The Bertz CT molecular complexity index is 2380. The van der Waals surface area contributed by atoms with Crippen molar-refractivity contribution in [3.63, 3.8) is 0 Å². The Hall–Kier alpha value is -5.73. The first kappa shape index (κ1) is 26.7. The first-order valence-electron chi connectivity index (χ1n) is 15.9. The second-order valence-corrected chi connectivity index (χ2v) is 12.8. The standard InChI is InChI=1S/C44H31NO/c1-44(2)38-23-32(20-21-34(38)36-26-37-35-18-9-10-19-42(35)46-43(37)27-39(36)44)30-16-11-17-31(22-30)33-24-40(28-12-5-3-6-13-28)45-41(25-33)29-14-7-4-8-15-29/h3-27H,1-2H3. The third-order valence-corrected chi connectivity index (χ3v) is 9.67. The van der Waals surface area contributed by atoms with Gasteiger partial charge in [0.25, 0.3) is 0 Å². The molecule has 0 saturated heterocycles. The van der Waals surface area contributed by atoms with Crippen LogP contribution in [0.15, 0.2) is 156 Å². The van der Waals surface area contributed by atoms with Gasteiger partial charge in [-0.3, -0.25) is 0 Å². The highest BCUT2D eigenvalue weighted by Gasteiger charge is 2.36. The van der Waals surface area contributed by atoms with Gasteiger partial charge in [-0.1, -0.05) is 123 Å². The van der Waals surface area contributed by atoms with Gasteiger partial charge < -0.3 is 4.42 Å². The number of fused-ring (bicyclic) bond motifs is 6. The summed E-state index contributed by atoms with van der Waals surface area (Å²) in [7, 11) is 0. The molecule has 2 heteroatoms. The number of aromatic nitrogens is 1. The van der Waals surface area contributed by atoms with Crippen molar-refractivity contribution in [2.24, 2.45) is 0 Å². The lowest BCUT2D eigenvalue weighted by atomic mass is 9.81. The highest BCUT2D eigenvalue weighted by atomic mass is 16.3. The topological polar surface area (TPSA) is 26.0 Å². The van der Waals surface area contributed by atoms with E-state index in [4.69, 9.17) is 9.40 Å². The fourth-order valence-corrected chi connectivity index (χ4v) is 7.22. The van der Waals surface area contributed by atoms with Crippen molar-refractivity contribution in [2.75, 3.05) is 0 Å². The van der Waals surface area contributed by atoms with Gasteiger partial charge in [-0.15, -0.1) is 0 Å². The van der Waals surface area contributed by atoms with Gasteiger partial charge in [-0.25, -0.2) is 4.98 Å². The van der Waals surface area contributed by atoms with Crippen LogP contribution in [0.25, 0.3) is 77.8 Å². The zero-order chi connectivity index (χ0) is 30.8. The third-order valence-electron chi connectivity index (χ3n) is 9.67. The van der Waals surface area contributed by atoms with Crippen molar-refractivity contribution < 1.29 is 4.42 Å². The van der Waals surface area contributed by atoms with Crippen LogP contribution in [0.1, 0.15) is 25.0 Å². The molecule has 0 N–H and O–H groups in total. The lowest BCUT2D eigenvalue weighted by Crippen LogP contribution is -2.15. The van der Waals surface area contributed by atoms with Crippen molar-refractivity contribution in [1.82, 2.24) is 4.98 Å². The Morgan fingerprint density at radius 2 is 1.00 bits per heavy atom. The Morgan fingerprint density at radius 1 is 0.413 bits per heavy atom. The molecule has 0 radical (unpaired) electrons. The Kier molecular flexibility index (Phi) is 5.88. The van der Waals surface area contributed by atoms with Gasteiger partial charge in [-0.2, -0.15) is 0 Å². The number of para-hydroxylation sites is 1. The van der Waals surface area contributed by atoms with Gasteiger partial charge in [0.1, 0.15) is 11.2 Å². The largest absolute Gasteiger partial charge is 0.456 e. The number of hydrogen-bond donors (Lipinski definition) is 0. The van der Waals surface area contributed by atoms with Crippen molar-refractivity contribution in [2.45, 2.75) is 19.3 Å². The molecule has 1 aliphatic rings. The summed E-state index contributed by atoms with van der Waals surface area (Å²) in [5, 5.41) is 2.35. The molecule has 8 aromatic rings. The number of pyridine rings is 1. The molecule has 218 valence electrons. The summed E-state index contributed by atoms with van der Waals surface area (Å²) in [5.74, 6) is 0. The molecule has 2 heterocycles. The molecule has 0 amide bonds. The van der Waals surface area contributed by atoms with E-state index >= 15 is 0 Å². The molecular formula is C44H31NO. The Morgan fingerprint density at radius 3 is 1.72 bits per heavy atom. The van der Waals surface area contributed by atoms with E-state index < -0.39 is 0 Å². The summed E-state index contributed by atoms with van der Waals surface area (Å²) in [5.41, 5.74) is 15.9. The van der Waals surface area contributed by atoms with Crippen LogP contribution in [-0.2, 0) is 5.41 Å². The number of rotatable bonds is 4. The fraction of sp³-hybridized carbons (Fsp3) is 0.0682. The lowest BCUT2D eigenvalue weighted by Gasteiger charge is -2.22. The summed E-state index contributed by atoms with van der Waals surface area (Å²) in [6.07, 6.45) is 0. The normalized spacial score (nSPS) is 13.2. The van der Waals surface area contributed by atoms with Crippen LogP contribution >= 0.6 is 0 Å². The van der Waals surface area contributed by atoms with Gasteiger partial charge in [0.15, 0.2) is 0 Å². The highest BCUT2D eigenvalue weighted by Crippen LogP contribution is 2.51. The van der Waals surface area contributed by atoms with E-state index in [-0.39, 0.29) is 5.41 Å². The van der Waals surface area contributed by atoms with Gasteiger partial charge in [0.2, 0.25) is 0 Å². The van der Waals surface area contributed by atoms with Crippen LogP contribution in [0.5, 0.6) is 0 Å². The van der Waals surface area contributed by atoms with Crippen LogP contribution in [-0.4, -0.2) is 4.98 Å². The third kappa shape index (κ3) is 4.22. The summed E-state index contributed by atoms with van der Waals surface area (Å²) in [4.78, 5) is 5.08. The highest BCUT2D eigenvalue weighted by molar-refractivity contribution is 6.07. The second-order valence-electron chi connectivity index (χ2n) is 12.8. The van der Waals surface area contributed by atoms with Gasteiger partial charge in [0, 0.05) is 27.3 Å². The molecule has 0 spiro atoms. The van der Waals surface area contributed by atoms with Crippen molar-refractivity contribution in [3.05, 3.63) is 163 Å². The van der Waals surface area contributed by atoms with E-state index in [1.807, 2.05) is 18.2 Å². The van der Waals surface area contributed by atoms with Gasteiger partial charge >= 0.3 is 0 Å². The van der Waals surface area contributed by atoms with Crippen LogP contribution < -0.4 is 0 Å². The maximum atomic E-state index is 6.29. The smallest absolute Gasteiger partial charge is 0.135 e. The van der Waals surface area contributed by atoms with Crippen LogP contribution in [0.4, 0.5) is 0 Å². The van der Waals surface area contributed by atoms with E-state index in [9.17, 15) is 0 Å². The predicted molar refractivity (Wildman–Crippen MR) is 191 cm³/mol. The quantitative estimate of drug-likeness (QED) is 0.204. The number of nitrogens with zero attached hydrogens (tertiary/aromatic N) is 1. The number of benzene rings is 6. The van der Waals surface area contributed by atoms with Crippen LogP contribution in [0, 0.1) is 0 Å².